The molecule has 0 saturated carbocycles. The summed E-state index contributed by atoms with van der Waals surface area (Å²) in [5.41, 5.74) is 6.64. The van der Waals surface area contributed by atoms with Crippen molar-refractivity contribution >= 4 is 5.82 Å². The van der Waals surface area contributed by atoms with Gasteiger partial charge in [-0.3, -0.25) is 0 Å². The number of aryl methyl sites for hydroxylation is 1. The van der Waals surface area contributed by atoms with Gasteiger partial charge in [-0.1, -0.05) is 19.1 Å². The van der Waals surface area contributed by atoms with Crippen LogP contribution in [0.4, 0.5) is 10.2 Å². The van der Waals surface area contributed by atoms with Crippen molar-refractivity contribution in [2.45, 2.75) is 19.8 Å². The van der Waals surface area contributed by atoms with Gasteiger partial charge in [0.15, 0.2) is 5.82 Å². The summed E-state index contributed by atoms with van der Waals surface area (Å²) < 4.78 is 15.0. The number of nitrogens with zero attached hydrogens (tertiary/aromatic N) is 2. The fraction of sp³-hybridized carbons (Fsp3) is 0.250. The Kier molecular flexibility index (Phi) is 2.99. The highest BCUT2D eigenvalue weighted by Crippen LogP contribution is 2.27. The summed E-state index contributed by atoms with van der Waals surface area (Å²) in [7, 11) is 0. The minimum atomic E-state index is -0.347. The average molecular weight is 234 g/mol. The van der Waals surface area contributed by atoms with Crippen LogP contribution in [0.1, 0.15) is 19.2 Å². The summed E-state index contributed by atoms with van der Waals surface area (Å²) in [5, 5.41) is 0. The van der Waals surface area contributed by atoms with Gasteiger partial charge in [0.25, 0.3) is 0 Å². The number of benzene rings is 1. The largest absolute Gasteiger partial charge is 0.382 e. The number of nitrogens with two attached hydrogens (primary N) is 2. The van der Waals surface area contributed by atoms with Crippen molar-refractivity contribution in [2.75, 3.05) is 11.6 Å². The van der Waals surface area contributed by atoms with Gasteiger partial charge in [0.1, 0.15) is 17.3 Å². The van der Waals surface area contributed by atoms with E-state index in [4.69, 9.17) is 11.6 Å². The molecule has 0 saturated heterocycles. The fourth-order valence-electron chi connectivity index (χ4n) is 1.74. The number of rotatable bonds is 3. The molecular weight excluding hydrogens is 219 g/mol. The van der Waals surface area contributed by atoms with Crippen LogP contribution in [0.15, 0.2) is 24.3 Å². The van der Waals surface area contributed by atoms with Crippen LogP contribution in [-0.2, 0) is 6.42 Å². The lowest BCUT2D eigenvalue weighted by Gasteiger charge is -2.01. The summed E-state index contributed by atoms with van der Waals surface area (Å²) in [6.45, 7) is 2.02. The van der Waals surface area contributed by atoms with Gasteiger partial charge in [0.05, 0.1) is 0 Å². The zero-order valence-electron chi connectivity index (χ0n) is 9.65. The first kappa shape index (κ1) is 11.4. The van der Waals surface area contributed by atoms with Crippen molar-refractivity contribution < 1.29 is 4.39 Å². The number of hydrogen-bond donors (Lipinski definition) is 2. The predicted octanol–water partition coefficient (Wildman–Crippen LogP) is 1.94. The molecule has 90 valence electrons. The van der Waals surface area contributed by atoms with Crippen LogP contribution in [0.2, 0.25) is 0 Å². The van der Waals surface area contributed by atoms with E-state index >= 15 is 0 Å². The van der Waals surface area contributed by atoms with Crippen LogP contribution < -0.4 is 11.6 Å². The van der Waals surface area contributed by atoms with Crippen molar-refractivity contribution in [3.05, 3.63) is 35.9 Å². The van der Waals surface area contributed by atoms with Crippen molar-refractivity contribution in [1.29, 1.82) is 0 Å². The third-order valence-corrected chi connectivity index (χ3v) is 2.62. The highest BCUT2D eigenvalue weighted by Gasteiger charge is 2.16. The van der Waals surface area contributed by atoms with E-state index in [1.165, 1.54) is 10.7 Å². The molecular formula is C12H15FN4. The maximum absolute atomic E-state index is 13.6. The van der Waals surface area contributed by atoms with Gasteiger partial charge >= 0.3 is 0 Å². The lowest BCUT2D eigenvalue weighted by molar-refractivity contribution is 0.631. The van der Waals surface area contributed by atoms with Crippen molar-refractivity contribution in [2.24, 2.45) is 0 Å². The van der Waals surface area contributed by atoms with Gasteiger partial charge < -0.3 is 11.6 Å². The molecule has 0 aliphatic carbocycles. The molecule has 4 N–H and O–H groups in total. The number of nitrogen functional groups attached to an aromatic ring is 2. The standard InChI is InChI=1S/C12H15FN4/c1-2-5-10-16-11(12(14)17(10)15)8-6-3-4-7-9(8)13/h3-4,6-7H,2,5,14-15H2,1H3. The maximum atomic E-state index is 13.6. The third-order valence-electron chi connectivity index (χ3n) is 2.62. The molecule has 2 aromatic rings. The molecule has 1 aromatic carbocycles. The van der Waals surface area contributed by atoms with E-state index in [1.807, 2.05) is 6.92 Å². The maximum Gasteiger partial charge on any atom is 0.150 e. The molecule has 0 aliphatic rings. The zero-order chi connectivity index (χ0) is 12.4. The van der Waals surface area contributed by atoms with Crippen LogP contribution in [0.3, 0.4) is 0 Å². The average Bonchev–Trinajstić information content (AvgIpc) is 2.59. The highest BCUT2D eigenvalue weighted by atomic mass is 19.1. The molecule has 0 atom stereocenters. The van der Waals surface area contributed by atoms with Gasteiger partial charge in [0.2, 0.25) is 0 Å². The molecule has 1 aromatic heterocycles. The first-order valence-corrected chi connectivity index (χ1v) is 5.52. The van der Waals surface area contributed by atoms with E-state index in [0.717, 1.165) is 12.8 Å². The molecule has 0 amide bonds. The summed E-state index contributed by atoms with van der Waals surface area (Å²) >= 11 is 0. The first-order valence-electron chi connectivity index (χ1n) is 5.52. The number of hydrogen-bond acceptors (Lipinski definition) is 3. The molecule has 0 radical (unpaired) electrons. The minimum absolute atomic E-state index is 0.290. The Bertz CT molecular complexity index is 533. The summed E-state index contributed by atoms with van der Waals surface area (Å²) in [6, 6.07) is 6.39. The number of imidazole rings is 1. The van der Waals surface area contributed by atoms with Gasteiger partial charge in [-0.15, -0.1) is 0 Å². The molecule has 0 aliphatic heterocycles. The van der Waals surface area contributed by atoms with Crippen LogP contribution in [0, 0.1) is 5.82 Å². The van der Waals surface area contributed by atoms with Crippen LogP contribution in [0.5, 0.6) is 0 Å². The number of aromatic nitrogens is 2. The summed E-state index contributed by atoms with van der Waals surface area (Å²) in [6.07, 6.45) is 1.62. The van der Waals surface area contributed by atoms with E-state index in [0.29, 0.717) is 22.9 Å². The normalized spacial score (nSPS) is 10.7. The molecule has 1 heterocycles. The Balaban J connectivity index is 2.53. The Hall–Kier alpha value is -2.04. The zero-order valence-corrected chi connectivity index (χ0v) is 9.65. The van der Waals surface area contributed by atoms with E-state index in [-0.39, 0.29) is 5.82 Å². The lowest BCUT2D eigenvalue weighted by Crippen LogP contribution is -2.15. The molecule has 4 nitrogen and oxygen atoms in total. The van der Waals surface area contributed by atoms with Gasteiger partial charge in [-0.05, 0) is 18.6 Å². The number of halogens is 1. The monoisotopic (exact) mass is 234 g/mol. The Morgan fingerprint density at radius 2 is 2.06 bits per heavy atom. The predicted molar refractivity (Wildman–Crippen MR) is 66.2 cm³/mol. The van der Waals surface area contributed by atoms with Gasteiger partial charge in [-0.2, -0.15) is 0 Å². The highest BCUT2D eigenvalue weighted by molar-refractivity contribution is 5.71. The molecule has 5 heteroatoms. The second-order valence-electron chi connectivity index (χ2n) is 3.86. The molecule has 2 rings (SSSR count). The van der Waals surface area contributed by atoms with E-state index in [9.17, 15) is 4.39 Å². The van der Waals surface area contributed by atoms with E-state index in [1.54, 1.807) is 18.2 Å². The quantitative estimate of drug-likeness (QED) is 0.797. The van der Waals surface area contributed by atoms with E-state index < -0.39 is 0 Å². The van der Waals surface area contributed by atoms with Crippen LogP contribution >= 0.6 is 0 Å². The third kappa shape index (κ3) is 1.95. The van der Waals surface area contributed by atoms with Crippen LogP contribution in [0.25, 0.3) is 11.3 Å². The molecule has 0 spiro atoms. The summed E-state index contributed by atoms with van der Waals surface area (Å²) in [5.74, 6) is 6.40. The van der Waals surface area contributed by atoms with E-state index in [2.05, 4.69) is 4.98 Å². The molecule has 17 heavy (non-hydrogen) atoms. The first-order chi connectivity index (χ1) is 8.15. The number of anilines is 1. The Morgan fingerprint density at radius 1 is 1.35 bits per heavy atom. The van der Waals surface area contributed by atoms with Crippen molar-refractivity contribution in [1.82, 2.24) is 9.66 Å². The second kappa shape index (κ2) is 4.45. The second-order valence-corrected chi connectivity index (χ2v) is 3.86. The SMILES string of the molecule is CCCc1nc(-c2ccccc2F)c(N)n1N. The minimum Gasteiger partial charge on any atom is -0.382 e. The van der Waals surface area contributed by atoms with Gasteiger partial charge in [0, 0.05) is 12.0 Å². The smallest absolute Gasteiger partial charge is 0.150 e. The molecule has 0 bridgehead atoms. The molecule has 0 unspecified atom stereocenters. The van der Waals surface area contributed by atoms with Crippen molar-refractivity contribution in [3.8, 4) is 11.3 Å². The summed E-state index contributed by atoms with van der Waals surface area (Å²) in [4.78, 5) is 4.30. The van der Waals surface area contributed by atoms with Gasteiger partial charge in [-0.25, -0.2) is 14.1 Å². The topological polar surface area (TPSA) is 69.9 Å². The fourth-order valence-corrected chi connectivity index (χ4v) is 1.74. The lowest BCUT2D eigenvalue weighted by atomic mass is 10.1. The molecule has 0 fully saturated rings. The Morgan fingerprint density at radius 3 is 2.71 bits per heavy atom. The van der Waals surface area contributed by atoms with Crippen molar-refractivity contribution in [3.63, 3.8) is 0 Å². The Labute approximate surface area is 99.0 Å². The van der Waals surface area contributed by atoms with Crippen LogP contribution in [-0.4, -0.2) is 9.66 Å².